The Labute approximate surface area is 97.5 Å². The number of aliphatic hydroxyl groups is 1. The molecule has 0 spiro atoms. The molecule has 1 saturated heterocycles. The van der Waals surface area contributed by atoms with Crippen molar-refractivity contribution in [2.24, 2.45) is 0 Å². The molecule has 1 aromatic carbocycles. The van der Waals surface area contributed by atoms with Crippen LogP contribution < -0.4 is 0 Å². The third-order valence-corrected chi connectivity index (χ3v) is 4.39. The monoisotopic (exact) mass is 263 g/mol. The van der Waals surface area contributed by atoms with Gasteiger partial charge in [-0.1, -0.05) is 6.07 Å². The van der Waals surface area contributed by atoms with E-state index in [1.807, 2.05) is 0 Å². The highest BCUT2D eigenvalue weighted by Crippen LogP contribution is 2.30. The maximum atomic E-state index is 13.4. The average Bonchev–Trinajstić information content (AvgIpc) is 2.13. The van der Waals surface area contributed by atoms with Crippen molar-refractivity contribution < 1.29 is 22.3 Å². The molecular weight excluding hydrogens is 252 g/mol. The van der Waals surface area contributed by atoms with Crippen molar-refractivity contribution in [2.45, 2.75) is 17.4 Å². The van der Waals surface area contributed by atoms with Crippen LogP contribution in [-0.4, -0.2) is 36.5 Å². The summed E-state index contributed by atoms with van der Waals surface area (Å²) in [6.45, 7) is 1.13. The summed E-state index contributed by atoms with van der Waals surface area (Å²) in [5.74, 6) is -2.26. The van der Waals surface area contributed by atoms with Crippen LogP contribution in [0.15, 0.2) is 23.1 Å². The highest BCUT2D eigenvalue weighted by atomic mass is 32.2. The van der Waals surface area contributed by atoms with Crippen molar-refractivity contribution >= 4 is 10.0 Å². The fourth-order valence-corrected chi connectivity index (χ4v) is 3.52. The van der Waals surface area contributed by atoms with Crippen LogP contribution in [0.3, 0.4) is 0 Å². The lowest BCUT2D eigenvalue weighted by molar-refractivity contribution is -0.0428. The van der Waals surface area contributed by atoms with Gasteiger partial charge in [-0.25, -0.2) is 17.2 Å². The van der Waals surface area contributed by atoms with E-state index < -0.39 is 32.2 Å². The SMILES string of the molecule is CC1(O)CN(S(=O)(=O)c2c(F)cccc2F)C1. The first-order valence-corrected chi connectivity index (χ1v) is 6.35. The van der Waals surface area contributed by atoms with Crippen LogP contribution in [-0.2, 0) is 10.0 Å². The van der Waals surface area contributed by atoms with E-state index in [1.54, 1.807) is 0 Å². The van der Waals surface area contributed by atoms with Crippen LogP contribution in [0, 0.1) is 11.6 Å². The number of halogens is 2. The fourth-order valence-electron chi connectivity index (χ4n) is 1.74. The molecule has 4 nitrogen and oxygen atoms in total. The highest BCUT2D eigenvalue weighted by molar-refractivity contribution is 7.89. The molecule has 0 amide bonds. The van der Waals surface area contributed by atoms with Crippen molar-refractivity contribution in [1.82, 2.24) is 4.31 Å². The molecule has 1 aliphatic heterocycles. The van der Waals surface area contributed by atoms with Gasteiger partial charge in [-0.05, 0) is 19.1 Å². The molecule has 0 atom stereocenters. The molecule has 17 heavy (non-hydrogen) atoms. The Hall–Kier alpha value is -1.05. The van der Waals surface area contributed by atoms with Gasteiger partial charge < -0.3 is 5.11 Å². The quantitative estimate of drug-likeness (QED) is 0.855. The Morgan fingerprint density at radius 2 is 1.76 bits per heavy atom. The van der Waals surface area contributed by atoms with E-state index in [1.165, 1.54) is 6.92 Å². The minimum absolute atomic E-state index is 0.164. The molecule has 0 radical (unpaired) electrons. The van der Waals surface area contributed by atoms with Gasteiger partial charge >= 0.3 is 0 Å². The van der Waals surface area contributed by atoms with Crippen molar-refractivity contribution in [2.75, 3.05) is 13.1 Å². The van der Waals surface area contributed by atoms with Crippen LogP contribution in [0.4, 0.5) is 8.78 Å². The Kier molecular flexibility index (Phi) is 2.72. The summed E-state index contributed by atoms with van der Waals surface area (Å²) < 4.78 is 51.3. The van der Waals surface area contributed by atoms with Gasteiger partial charge in [0.2, 0.25) is 10.0 Å². The first kappa shape index (κ1) is 12.4. The van der Waals surface area contributed by atoms with Gasteiger partial charge in [0.05, 0.1) is 5.60 Å². The predicted octanol–water partition coefficient (Wildman–Crippen LogP) is 0.720. The Balaban J connectivity index is 2.40. The molecule has 0 unspecified atom stereocenters. The van der Waals surface area contributed by atoms with Crippen molar-refractivity contribution in [1.29, 1.82) is 0 Å². The Morgan fingerprint density at radius 1 is 1.29 bits per heavy atom. The van der Waals surface area contributed by atoms with Crippen LogP contribution in [0.1, 0.15) is 6.92 Å². The fraction of sp³-hybridized carbons (Fsp3) is 0.400. The van der Waals surface area contributed by atoms with Gasteiger partial charge in [0.15, 0.2) is 4.90 Å². The molecule has 1 N–H and O–H groups in total. The Morgan fingerprint density at radius 3 is 2.18 bits per heavy atom. The summed E-state index contributed by atoms with van der Waals surface area (Å²) in [4.78, 5) is -0.963. The van der Waals surface area contributed by atoms with Gasteiger partial charge in [-0.15, -0.1) is 0 Å². The summed E-state index contributed by atoms with van der Waals surface area (Å²) in [5, 5.41) is 9.44. The summed E-state index contributed by atoms with van der Waals surface area (Å²) >= 11 is 0. The number of β-amino-alcohol motifs (C(OH)–C–C–N with tert-alkyl or cyclic N) is 1. The number of sulfonamides is 1. The molecular formula is C10H11F2NO3S. The maximum absolute atomic E-state index is 13.4. The number of hydrogen-bond acceptors (Lipinski definition) is 3. The zero-order valence-electron chi connectivity index (χ0n) is 9.02. The van der Waals surface area contributed by atoms with Gasteiger partial charge in [0.1, 0.15) is 11.6 Å². The zero-order chi connectivity index (χ0) is 12.8. The highest BCUT2D eigenvalue weighted by Gasteiger charge is 2.45. The van der Waals surface area contributed by atoms with E-state index in [9.17, 15) is 22.3 Å². The summed E-state index contributed by atoms with van der Waals surface area (Å²) in [6, 6.07) is 2.86. The van der Waals surface area contributed by atoms with E-state index in [0.717, 1.165) is 22.5 Å². The summed E-state index contributed by atoms with van der Waals surface area (Å²) in [7, 11) is -4.21. The molecule has 7 heteroatoms. The lowest BCUT2D eigenvalue weighted by Gasteiger charge is -2.42. The summed E-state index contributed by atoms with van der Waals surface area (Å²) in [5.41, 5.74) is -1.13. The molecule has 1 aromatic rings. The van der Waals surface area contributed by atoms with E-state index >= 15 is 0 Å². The smallest absolute Gasteiger partial charge is 0.249 e. The predicted molar refractivity (Wildman–Crippen MR) is 55.7 cm³/mol. The molecule has 1 fully saturated rings. The lowest BCUT2D eigenvalue weighted by atomic mass is 10.0. The van der Waals surface area contributed by atoms with E-state index in [-0.39, 0.29) is 13.1 Å². The second-order valence-electron chi connectivity index (χ2n) is 4.32. The van der Waals surface area contributed by atoms with Crippen LogP contribution in [0.25, 0.3) is 0 Å². The number of benzene rings is 1. The minimum Gasteiger partial charge on any atom is -0.387 e. The van der Waals surface area contributed by atoms with Gasteiger partial charge in [0.25, 0.3) is 0 Å². The molecule has 0 aromatic heterocycles. The summed E-state index contributed by atoms with van der Waals surface area (Å²) in [6.07, 6.45) is 0. The zero-order valence-corrected chi connectivity index (χ0v) is 9.84. The molecule has 1 aliphatic rings. The Bertz CT molecular complexity index is 528. The van der Waals surface area contributed by atoms with E-state index in [2.05, 4.69) is 0 Å². The first-order chi connectivity index (χ1) is 7.74. The lowest BCUT2D eigenvalue weighted by Crippen LogP contribution is -2.61. The first-order valence-electron chi connectivity index (χ1n) is 4.91. The van der Waals surface area contributed by atoms with Crippen molar-refractivity contribution in [3.05, 3.63) is 29.8 Å². The van der Waals surface area contributed by atoms with Gasteiger partial charge in [-0.2, -0.15) is 4.31 Å². The molecule has 0 bridgehead atoms. The van der Waals surface area contributed by atoms with Crippen molar-refractivity contribution in [3.8, 4) is 0 Å². The molecule has 2 rings (SSSR count). The number of nitrogens with zero attached hydrogens (tertiary/aromatic N) is 1. The number of hydrogen-bond donors (Lipinski definition) is 1. The molecule has 94 valence electrons. The third kappa shape index (κ3) is 2.05. The normalized spacial score (nSPS) is 20.0. The van der Waals surface area contributed by atoms with Gasteiger partial charge in [0, 0.05) is 13.1 Å². The second kappa shape index (κ2) is 3.72. The van der Waals surface area contributed by atoms with Crippen LogP contribution in [0.5, 0.6) is 0 Å². The standard InChI is InChI=1S/C10H11F2NO3S/c1-10(14)5-13(6-10)17(15,16)9-7(11)3-2-4-8(9)12/h2-4,14H,5-6H2,1H3. The molecule has 0 aliphatic carbocycles. The topological polar surface area (TPSA) is 57.6 Å². The van der Waals surface area contributed by atoms with Crippen molar-refractivity contribution in [3.63, 3.8) is 0 Å². The minimum atomic E-state index is -4.21. The average molecular weight is 263 g/mol. The van der Waals surface area contributed by atoms with Gasteiger partial charge in [-0.3, -0.25) is 0 Å². The largest absolute Gasteiger partial charge is 0.387 e. The number of rotatable bonds is 2. The third-order valence-electron chi connectivity index (χ3n) is 2.55. The van der Waals surface area contributed by atoms with E-state index in [4.69, 9.17) is 0 Å². The molecule has 0 saturated carbocycles. The maximum Gasteiger partial charge on any atom is 0.249 e. The molecule has 1 heterocycles. The second-order valence-corrected chi connectivity index (χ2v) is 6.20. The van der Waals surface area contributed by atoms with Crippen LogP contribution >= 0.6 is 0 Å². The van der Waals surface area contributed by atoms with Crippen LogP contribution in [0.2, 0.25) is 0 Å². The van der Waals surface area contributed by atoms with E-state index in [0.29, 0.717) is 0 Å².